The minimum atomic E-state index is -1.54. The molecule has 0 spiro atoms. The van der Waals surface area contributed by atoms with Crippen molar-refractivity contribution in [1.82, 2.24) is 13.7 Å². The van der Waals surface area contributed by atoms with Crippen LogP contribution in [0.2, 0.25) is 0 Å². The fourth-order valence-electron chi connectivity index (χ4n) is 9.70. The van der Waals surface area contributed by atoms with E-state index in [4.69, 9.17) is 28.4 Å². The molecule has 0 atom stereocenters. The SMILES string of the molecule is CC(C)(C)OC(=O)Oc1c(C(C)(C)C)cc(CCCC(=O)n2c(=O)n(C(=O)CCc3cc(C(C)(C)C)c(OC(=O)OC(C)(C)C)c(C(C)(C)C)c3)c(=O)n(C(=O)CCc3cc(C(C)(C)C)c(OC(=O)OC(C)(C)C)c(C(C)(C)C)c3)c2=O)cc1C(C)(C)C. The maximum Gasteiger partial charge on any atom is 0.514 e. The highest BCUT2D eigenvalue weighted by Crippen LogP contribution is 2.45. The van der Waals surface area contributed by atoms with Crippen LogP contribution in [0.25, 0.3) is 0 Å². The van der Waals surface area contributed by atoms with Crippen LogP contribution in [0, 0.1) is 0 Å². The number of benzene rings is 3. The predicted octanol–water partition coefficient (Wildman–Crippen LogP) is 15.1. The molecule has 88 heavy (non-hydrogen) atoms. The molecule has 486 valence electrons. The molecule has 0 unspecified atom stereocenters. The molecule has 0 amide bonds. The minimum absolute atomic E-state index is 0.0604. The summed E-state index contributed by atoms with van der Waals surface area (Å²) >= 11 is 0. The predicted molar refractivity (Wildman–Crippen MR) is 343 cm³/mol. The van der Waals surface area contributed by atoms with Crippen LogP contribution in [0.15, 0.2) is 50.8 Å². The first kappa shape index (κ1) is 73.4. The van der Waals surface area contributed by atoms with Crippen molar-refractivity contribution in [2.75, 3.05) is 0 Å². The van der Waals surface area contributed by atoms with Gasteiger partial charge in [0, 0.05) is 52.6 Å². The van der Waals surface area contributed by atoms with Gasteiger partial charge in [-0.05, 0) is 137 Å². The van der Waals surface area contributed by atoms with Crippen LogP contribution >= 0.6 is 0 Å². The summed E-state index contributed by atoms with van der Waals surface area (Å²) in [5.41, 5.74) is -4.98. The van der Waals surface area contributed by atoms with E-state index in [0.29, 0.717) is 50.3 Å². The van der Waals surface area contributed by atoms with Gasteiger partial charge < -0.3 is 28.4 Å². The molecule has 0 aliphatic rings. The highest BCUT2D eigenvalue weighted by Gasteiger charge is 2.36. The highest BCUT2D eigenvalue weighted by molar-refractivity contribution is 5.84. The lowest BCUT2D eigenvalue weighted by atomic mass is 9.78. The van der Waals surface area contributed by atoms with Crippen LogP contribution in [0.5, 0.6) is 17.2 Å². The molecule has 1 heterocycles. The molecule has 0 saturated heterocycles. The Bertz CT molecular complexity index is 3240. The quantitative estimate of drug-likeness (QED) is 0.0689. The first-order valence-corrected chi connectivity index (χ1v) is 30.4. The van der Waals surface area contributed by atoms with Gasteiger partial charge in [0.2, 0.25) is 17.7 Å². The maximum absolute atomic E-state index is 14.7. The first-order chi connectivity index (χ1) is 39.5. The Morgan fingerprint density at radius 3 is 0.693 bits per heavy atom. The van der Waals surface area contributed by atoms with E-state index in [1.807, 2.05) is 137 Å². The standard InChI is InChI=1S/C70H101N3O15/c1-62(2,3)44-35-41(36-45(63(4,5)6)53(44)83-59(80)86-68(19,20)21)29-28-30-50(74)71-56(77)72(51(75)33-31-42-37-46(64(7,8)9)54(47(38-42)65(10,11)12)84-60(81)87-69(22,23)24)58(79)73(57(71)78)52(76)34-32-43-39-48(66(13,14)15)55(49(40-43)67(16,17)18)85-61(82)88-70(25,26)27/h35-40H,28-34H2,1-27H3. The number of rotatable bonds is 13. The molecule has 0 bridgehead atoms. The summed E-state index contributed by atoms with van der Waals surface area (Å²) < 4.78 is 35.0. The van der Waals surface area contributed by atoms with Crippen molar-refractivity contribution < 1.29 is 57.2 Å². The molecule has 0 N–H and O–H groups in total. The van der Waals surface area contributed by atoms with E-state index in [9.17, 15) is 43.2 Å². The number of aromatic nitrogens is 3. The second-order valence-electron chi connectivity index (χ2n) is 32.1. The second kappa shape index (κ2) is 26.1. The lowest BCUT2D eigenvalue weighted by Gasteiger charge is -2.30. The smallest absolute Gasteiger partial charge is 0.428 e. The Morgan fingerprint density at radius 1 is 0.307 bits per heavy atom. The summed E-state index contributed by atoms with van der Waals surface area (Å²) in [5, 5.41) is 0. The molecule has 1 aromatic heterocycles. The van der Waals surface area contributed by atoms with Crippen molar-refractivity contribution in [2.45, 2.75) is 281 Å². The molecule has 4 rings (SSSR count). The van der Waals surface area contributed by atoms with Crippen molar-refractivity contribution in [3.05, 3.63) is 118 Å². The molecule has 0 saturated carbocycles. The molecular formula is C70H101N3O15. The van der Waals surface area contributed by atoms with Crippen LogP contribution in [0.3, 0.4) is 0 Å². The third kappa shape index (κ3) is 19.7. The van der Waals surface area contributed by atoms with Crippen LogP contribution < -0.4 is 31.3 Å². The van der Waals surface area contributed by atoms with E-state index >= 15 is 0 Å². The van der Waals surface area contributed by atoms with E-state index in [1.165, 1.54) is 0 Å². The van der Waals surface area contributed by atoms with Crippen LogP contribution in [0.4, 0.5) is 14.4 Å². The van der Waals surface area contributed by atoms with Gasteiger partial charge >= 0.3 is 35.5 Å². The van der Waals surface area contributed by atoms with Gasteiger partial charge in [0.1, 0.15) is 34.1 Å². The van der Waals surface area contributed by atoms with E-state index in [2.05, 4.69) is 0 Å². The van der Waals surface area contributed by atoms with Gasteiger partial charge in [-0.1, -0.05) is 161 Å². The Labute approximate surface area is 521 Å². The summed E-state index contributed by atoms with van der Waals surface area (Å²) in [6.45, 7) is 50.5. The van der Waals surface area contributed by atoms with Crippen molar-refractivity contribution in [3.63, 3.8) is 0 Å². The zero-order chi connectivity index (χ0) is 67.8. The molecule has 0 aliphatic heterocycles. The molecule has 18 nitrogen and oxygen atoms in total. The molecule has 3 aromatic carbocycles. The van der Waals surface area contributed by atoms with Crippen LogP contribution in [0.1, 0.15) is 277 Å². The van der Waals surface area contributed by atoms with Gasteiger partial charge in [0.25, 0.3) is 0 Å². The highest BCUT2D eigenvalue weighted by atomic mass is 16.7. The molecule has 0 aliphatic carbocycles. The Hall–Kier alpha value is -7.11. The second-order valence-corrected chi connectivity index (χ2v) is 32.1. The van der Waals surface area contributed by atoms with Crippen molar-refractivity contribution in [2.24, 2.45) is 0 Å². The Morgan fingerprint density at radius 2 is 0.500 bits per heavy atom. The summed E-state index contributed by atoms with van der Waals surface area (Å²) in [5.74, 6) is -2.33. The maximum atomic E-state index is 14.7. The van der Waals surface area contributed by atoms with Gasteiger partial charge in [-0.3, -0.25) is 14.4 Å². The topological polar surface area (TPSA) is 224 Å². The fourth-order valence-corrected chi connectivity index (χ4v) is 9.70. The van der Waals surface area contributed by atoms with E-state index < -0.39 is 122 Å². The minimum Gasteiger partial charge on any atom is -0.428 e. The fraction of sp³-hybridized carbons (Fsp3) is 0.614. The Balaban J connectivity index is 1.91. The first-order valence-electron chi connectivity index (χ1n) is 30.4. The van der Waals surface area contributed by atoms with Gasteiger partial charge in [-0.2, -0.15) is 13.7 Å². The third-order valence-corrected chi connectivity index (χ3v) is 14.0. The third-order valence-electron chi connectivity index (χ3n) is 14.0. The van der Waals surface area contributed by atoms with Crippen molar-refractivity contribution >= 4 is 36.2 Å². The molecule has 4 aromatic rings. The lowest BCUT2D eigenvalue weighted by molar-refractivity contribution is 0.0185. The number of nitrogens with zero attached hydrogens (tertiary/aromatic N) is 3. The number of hydrogen-bond acceptors (Lipinski definition) is 15. The summed E-state index contributed by atoms with van der Waals surface area (Å²) in [6, 6.07) is 10.9. The van der Waals surface area contributed by atoms with E-state index in [-0.39, 0.29) is 50.9 Å². The van der Waals surface area contributed by atoms with Crippen LogP contribution in [-0.2, 0) is 66.0 Å². The van der Waals surface area contributed by atoms with Crippen molar-refractivity contribution in [3.8, 4) is 17.2 Å². The van der Waals surface area contributed by atoms with Crippen LogP contribution in [-0.4, -0.2) is 66.7 Å². The van der Waals surface area contributed by atoms with Gasteiger partial charge in [0.05, 0.1) is 0 Å². The zero-order valence-electron chi connectivity index (χ0n) is 57.9. The molecular weight excluding hydrogens is 1120 g/mol. The number of carbonyl (C=O) groups is 6. The van der Waals surface area contributed by atoms with Gasteiger partial charge in [-0.15, -0.1) is 0 Å². The zero-order valence-corrected chi connectivity index (χ0v) is 57.9. The number of carbonyl (C=O) groups excluding carboxylic acids is 6. The average Bonchev–Trinajstić information content (AvgIpc) is 0.893. The summed E-state index contributed by atoms with van der Waals surface area (Å²) in [4.78, 5) is 128. The monoisotopic (exact) mass is 1220 g/mol. The van der Waals surface area contributed by atoms with E-state index in [1.54, 1.807) is 86.6 Å². The Kier molecular flexibility index (Phi) is 21.8. The molecule has 0 fully saturated rings. The average molecular weight is 1220 g/mol. The number of aryl methyl sites for hydroxylation is 3. The van der Waals surface area contributed by atoms with Gasteiger partial charge in [0.15, 0.2) is 0 Å². The summed E-state index contributed by atoms with van der Waals surface area (Å²) in [7, 11) is 0. The van der Waals surface area contributed by atoms with E-state index in [0.717, 1.165) is 5.56 Å². The molecule has 18 heteroatoms. The van der Waals surface area contributed by atoms with Crippen molar-refractivity contribution in [1.29, 1.82) is 0 Å². The van der Waals surface area contributed by atoms with Gasteiger partial charge in [-0.25, -0.2) is 28.8 Å². The number of hydrogen-bond donors (Lipinski definition) is 0. The lowest BCUT2D eigenvalue weighted by Crippen LogP contribution is -2.59. The normalized spacial score (nSPS) is 13.0. The molecule has 0 radical (unpaired) electrons. The summed E-state index contributed by atoms with van der Waals surface area (Å²) in [6.07, 6.45) is -3.97. The largest absolute Gasteiger partial charge is 0.514 e. The number of ether oxygens (including phenoxy) is 6.